The van der Waals surface area contributed by atoms with Crippen molar-refractivity contribution in [3.8, 4) is 0 Å². The molecule has 2 aromatic rings. The monoisotopic (exact) mass is 343 g/mol. The van der Waals surface area contributed by atoms with Crippen LogP contribution in [0.2, 0.25) is 0 Å². The van der Waals surface area contributed by atoms with Gasteiger partial charge in [-0.2, -0.15) is 0 Å². The fourth-order valence-corrected chi connectivity index (χ4v) is 3.99. The molecule has 25 heavy (non-hydrogen) atoms. The molecule has 2 unspecified atom stereocenters. The maximum atomic E-state index is 13.2. The standard InChI is InChI=1S/C18H25N5O2/c1-10-8-23(9-14(10)21(2)3)18(25)12-7-13(11-5-6-11)19-16-15(12)17(24)20-22(16)4/h7,10-11,14H,5-6,8-9H2,1-4H3,(H,20,24). The summed E-state index contributed by atoms with van der Waals surface area (Å²) in [5.74, 6) is 0.781. The summed E-state index contributed by atoms with van der Waals surface area (Å²) < 4.78 is 1.62. The van der Waals surface area contributed by atoms with Crippen molar-refractivity contribution in [3.63, 3.8) is 0 Å². The van der Waals surface area contributed by atoms with E-state index >= 15 is 0 Å². The third-order valence-electron chi connectivity index (χ3n) is 5.58. The quantitative estimate of drug-likeness (QED) is 0.908. The lowest BCUT2D eigenvalue weighted by Gasteiger charge is -2.22. The molecule has 1 saturated carbocycles. The zero-order chi connectivity index (χ0) is 17.9. The molecule has 1 aliphatic carbocycles. The lowest BCUT2D eigenvalue weighted by Crippen LogP contribution is -2.36. The van der Waals surface area contributed by atoms with Gasteiger partial charge < -0.3 is 9.80 Å². The van der Waals surface area contributed by atoms with E-state index in [1.807, 2.05) is 25.1 Å². The van der Waals surface area contributed by atoms with Crippen molar-refractivity contribution in [3.05, 3.63) is 27.7 Å². The summed E-state index contributed by atoms with van der Waals surface area (Å²) in [5.41, 5.74) is 1.77. The van der Waals surface area contributed by atoms with Crippen LogP contribution in [-0.2, 0) is 7.05 Å². The van der Waals surface area contributed by atoms with Gasteiger partial charge in [0.2, 0.25) is 0 Å². The Morgan fingerprint density at radius 1 is 1.32 bits per heavy atom. The zero-order valence-corrected chi connectivity index (χ0v) is 15.2. The summed E-state index contributed by atoms with van der Waals surface area (Å²) in [5, 5.41) is 3.16. The minimum atomic E-state index is -0.243. The first kappa shape index (κ1) is 16.3. The summed E-state index contributed by atoms with van der Waals surface area (Å²) in [7, 11) is 5.86. The molecule has 1 aliphatic heterocycles. The van der Waals surface area contributed by atoms with Gasteiger partial charge in [0.25, 0.3) is 11.5 Å². The Morgan fingerprint density at radius 3 is 2.64 bits per heavy atom. The van der Waals surface area contributed by atoms with E-state index in [1.54, 1.807) is 11.7 Å². The highest BCUT2D eigenvalue weighted by Crippen LogP contribution is 2.40. The molecule has 2 aromatic heterocycles. The molecule has 2 fully saturated rings. The Bertz CT molecular complexity index is 893. The number of amides is 1. The van der Waals surface area contributed by atoms with Crippen LogP contribution in [0.25, 0.3) is 11.0 Å². The van der Waals surface area contributed by atoms with Crippen molar-refractivity contribution in [1.29, 1.82) is 0 Å². The number of pyridine rings is 1. The molecule has 0 spiro atoms. The number of nitrogens with one attached hydrogen (secondary N) is 1. The Morgan fingerprint density at radius 2 is 2.04 bits per heavy atom. The summed E-state index contributed by atoms with van der Waals surface area (Å²) in [4.78, 5) is 34.3. The van der Waals surface area contributed by atoms with Gasteiger partial charge in [-0.05, 0) is 38.9 Å². The van der Waals surface area contributed by atoms with E-state index in [2.05, 4.69) is 21.9 Å². The van der Waals surface area contributed by atoms with Crippen LogP contribution in [0.15, 0.2) is 10.9 Å². The van der Waals surface area contributed by atoms with Crippen molar-refractivity contribution in [2.24, 2.45) is 13.0 Å². The van der Waals surface area contributed by atoms with Crippen LogP contribution in [0, 0.1) is 5.92 Å². The predicted molar refractivity (Wildman–Crippen MR) is 95.9 cm³/mol. The third kappa shape index (κ3) is 2.66. The average molecular weight is 343 g/mol. The Hall–Kier alpha value is -2.15. The smallest absolute Gasteiger partial charge is 0.274 e. The molecular weight excluding hydrogens is 318 g/mol. The van der Waals surface area contributed by atoms with Gasteiger partial charge in [0.15, 0.2) is 5.65 Å². The highest BCUT2D eigenvalue weighted by atomic mass is 16.2. The molecule has 7 nitrogen and oxygen atoms in total. The summed E-state index contributed by atoms with van der Waals surface area (Å²) in [6.45, 7) is 3.58. The van der Waals surface area contributed by atoms with Crippen molar-refractivity contribution >= 4 is 16.9 Å². The van der Waals surface area contributed by atoms with Crippen LogP contribution in [0.1, 0.15) is 41.7 Å². The minimum absolute atomic E-state index is 0.0535. The second kappa shape index (κ2) is 5.69. The molecule has 0 radical (unpaired) electrons. The van der Waals surface area contributed by atoms with Crippen molar-refractivity contribution in [1.82, 2.24) is 24.6 Å². The molecule has 0 bridgehead atoms. The van der Waals surface area contributed by atoms with Crippen molar-refractivity contribution < 1.29 is 4.79 Å². The number of hydrogen-bond acceptors (Lipinski definition) is 4. The number of carbonyl (C=O) groups excluding carboxylic acids is 1. The molecule has 134 valence electrons. The molecule has 4 rings (SSSR count). The molecule has 1 saturated heterocycles. The Balaban J connectivity index is 1.78. The van der Waals surface area contributed by atoms with E-state index < -0.39 is 0 Å². The number of rotatable bonds is 3. The first-order valence-electron chi connectivity index (χ1n) is 8.92. The van der Waals surface area contributed by atoms with Crippen LogP contribution in [0.5, 0.6) is 0 Å². The molecule has 1 amide bonds. The number of fused-ring (bicyclic) bond motifs is 1. The topological polar surface area (TPSA) is 74.2 Å². The number of aromatic nitrogens is 3. The largest absolute Gasteiger partial charge is 0.337 e. The van der Waals surface area contributed by atoms with E-state index in [9.17, 15) is 9.59 Å². The first-order chi connectivity index (χ1) is 11.9. The van der Waals surface area contributed by atoms with E-state index in [-0.39, 0.29) is 11.5 Å². The molecule has 2 atom stereocenters. The number of hydrogen-bond donors (Lipinski definition) is 1. The molecule has 1 N–H and O–H groups in total. The summed E-state index contributed by atoms with van der Waals surface area (Å²) >= 11 is 0. The number of aryl methyl sites for hydroxylation is 1. The van der Waals surface area contributed by atoms with Gasteiger partial charge in [-0.15, -0.1) is 0 Å². The van der Waals surface area contributed by atoms with Crippen molar-refractivity contribution in [2.45, 2.75) is 31.7 Å². The number of aromatic amines is 1. The maximum Gasteiger partial charge on any atom is 0.274 e. The van der Waals surface area contributed by atoms with Crippen LogP contribution >= 0.6 is 0 Å². The molecular formula is C18H25N5O2. The Labute approximate surface area is 146 Å². The normalized spacial score (nSPS) is 23.8. The zero-order valence-electron chi connectivity index (χ0n) is 15.2. The fourth-order valence-electron chi connectivity index (χ4n) is 3.99. The van der Waals surface area contributed by atoms with Crippen molar-refractivity contribution in [2.75, 3.05) is 27.2 Å². The molecule has 2 aliphatic rings. The second-order valence-corrected chi connectivity index (χ2v) is 7.79. The Kier molecular flexibility index (Phi) is 3.72. The molecule has 7 heteroatoms. The number of likely N-dealkylation sites (N-methyl/N-ethyl adjacent to an activating group) is 1. The van der Waals surface area contributed by atoms with Gasteiger partial charge in [0, 0.05) is 37.8 Å². The van der Waals surface area contributed by atoms with E-state index in [4.69, 9.17) is 0 Å². The third-order valence-corrected chi connectivity index (χ3v) is 5.58. The molecule has 3 heterocycles. The fraction of sp³-hybridized carbons (Fsp3) is 0.611. The minimum Gasteiger partial charge on any atom is -0.337 e. The summed E-state index contributed by atoms with van der Waals surface area (Å²) in [6, 6.07) is 2.20. The van der Waals surface area contributed by atoms with Gasteiger partial charge in [-0.1, -0.05) is 6.92 Å². The van der Waals surface area contributed by atoms with Gasteiger partial charge in [-0.3, -0.25) is 19.4 Å². The van der Waals surface area contributed by atoms with Gasteiger partial charge in [-0.25, -0.2) is 4.98 Å². The van der Waals surface area contributed by atoms with E-state index in [1.165, 1.54) is 0 Å². The van der Waals surface area contributed by atoms with Crippen LogP contribution < -0.4 is 5.56 Å². The SMILES string of the molecule is CC1CN(C(=O)c2cc(C3CC3)nc3c2c(=O)[nH]n3C)CC1N(C)C. The first-order valence-corrected chi connectivity index (χ1v) is 8.92. The average Bonchev–Trinajstić information content (AvgIpc) is 3.28. The number of carbonyl (C=O) groups is 1. The second-order valence-electron chi connectivity index (χ2n) is 7.79. The lowest BCUT2D eigenvalue weighted by atomic mass is 10.1. The number of nitrogens with zero attached hydrogens (tertiary/aromatic N) is 4. The van der Waals surface area contributed by atoms with Crippen LogP contribution in [-0.4, -0.2) is 63.7 Å². The summed E-state index contributed by atoms with van der Waals surface area (Å²) in [6.07, 6.45) is 2.21. The molecule has 0 aromatic carbocycles. The van der Waals surface area contributed by atoms with Crippen LogP contribution in [0.3, 0.4) is 0 Å². The van der Waals surface area contributed by atoms with Gasteiger partial charge in [0.05, 0.1) is 10.9 Å². The highest BCUT2D eigenvalue weighted by molar-refractivity contribution is 6.05. The lowest BCUT2D eigenvalue weighted by molar-refractivity contribution is 0.0783. The highest BCUT2D eigenvalue weighted by Gasteiger charge is 2.36. The number of H-pyrrole nitrogens is 1. The van der Waals surface area contributed by atoms with Crippen LogP contribution in [0.4, 0.5) is 0 Å². The predicted octanol–water partition coefficient (Wildman–Crippen LogP) is 1.16. The van der Waals surface area contributed by atoms with E-state index in [0.29, 0.717) is 41.0 Å². The van der Waals surface area contributed by atoms with E-state index in [0.717, 1.165) is 25.1 Å². The number of likely N-dealkylation sites (tertiary alicyclic amines) is 1. The van der Waals surface area contributed by atoms with Gasteiger partial charge >= 0.3 is 0 Å². The maximum absolute atomic E-state index is 13.2. The van der Waals surface area contributed by atoms with Gasteiger partial charge in [0.1, 0.15) is 0 Å².